The number of aliphatic hydroxyl groups excluding tert-OH is 1. The van der Waals surface area contributed by atoms with Gasteiger partial charge in [-0.3, -0.25) is 4.90 Å². The quantitative estimate of drug-likeness (QED) is 0.905. The van der Waals surface area contributed by atoms with Crippen LogP contribution in [0.15, 0.2) is 60.7 Å². The smallest absolute Gasteiger partial charge is 0.0602 e. The van der Waals surface area contributed by atoms with Crippen molar-refractivity contribution in [1.29, 1.82) is 0 Å². The first kappa shape index (κ1) is 14.3. The maximum Gasteiger partial charge on any atom is 0.0602 e. The molecular weight excluding hydrogens is 258 g/mol. The Morgan fingerprint density at radius 2 is 1.43 bits per heavy atom. The van der Waals surface area contributed by atoms with Gasteiger partial charge in [-0.1, -0.05) is 67.6 Å². The molecule has 1 fully saturated rings. The Kier molecular flexibility index (Phi) is 4.09. The number of piperidine rings is 1. The summed E-state index contributed by atoms with van der Waals surface area (Å²) in [6, 6.07) is 21.6. The molecule has 0 radical (unpaired) electrons. The van der Waals surface area contributed by atoms with Gasteiger partial charge in [-0.05, 0) is 24.6 Å². The van der Waals surface area contributed by atoms with Crippen molar-refractivity contribution in [3.63, 3.8) is 0 Å². The minimum atomic E-state index is -0.267. The molecule has 0 unspecified atom stereocenters. The van der Waals surface area contributed by atoms with Crippen molar-refractivity contribution in [2.45, 2.75) is 31.5 Å². The van der Waals surface area contributed by atoms with E-state index in [9.17, 15) is 5.11 Å². The van der Waals surface area contributed by atoms with Crippen molar-refractivity contribution in [3.05, 3.63) is 71.8 Å². The van der Waals surface area contributed by atoms with E-state index in [1.54, 1.807) is 0 Å². The molecular formula is C19H23NO. The monoisotopic (exact) mass is 281 g/mol. The Morgan fingerprint density at radius 1 is 0.905 bits per heavy atom. The molecule has 1 saturated heterocycles. The normalized spacial score (nSPS) is 30.2. The molecule has 1 aliphatic heterocycles. The number of hydrogen-bond donors (Lipinski definition) is 1. The predicted molar refractivity (Wildman–Crippen MR) is 85.9 cm³/mol. The lowest BCUT2D eigenvalue weighted by molar-refractivity contribution is -0.0328. The van der Waals surface area contributed by atoms with E-state index in [0.29, 0.717) is 0 Å². The van der Waals surface area contributed by atoms with E-state index in [2.05, 4.69) is 67.4 Å². The molecule has 2 aromatic carbocycles. The fraction of sp³-hybridized carbons (Fsp3) is 0.368. The first-order chi connectivity index (χ1) is 10.2. The van der Waals surface area contributed by atoms with E-state index in [-0.39, 0.29) is 24.1 Å². The zero-order valence-electron chi connectivity index (χ0n) is 12.7. The average molecular weight is 281 g/mol. The Labute approximate surface area is 127 Å². The SMILES string of the molecule is C[C@H]1[C@H](O)C[C@H](c2ccccc2)N(C)[C@@H]1c1ccccc1. The first-order valence-electron chi connectivity index (χ1n) is 7.68. The maximum absolute atomic E-state index is 10.5. The summed E-state index contributed by atoms with van der Waals surface area (Å²) >= 11 is 0. The van der Waals surface area contributed by atoms with Gasteiger partial charge in [0, 0.05) is 18.0 Å². The van der Waals surface area contributed by atoms with Crippen molar-refractivity contribution >= 4 is 0 Å². The van der Waals surface area contributed by atoms with Crippen LogP contribution in [0.2, 0.25) is 0 Å². The molecule has 2 nitrogen and oxygen atoms in total. The molecule has 21 heavy (non-hydrogen) atoms. The number of nitrogens with zero attached hydrogens (tertiary/aromatic N) is 1. The lowest BCUT2D eigenvalue weighted by atomic mass is 9.79. The molecule has 0 aromatic heterocycles. The van der Waals surface area contributed by atoms with E-state index in [0.717, 1.165) is 6.42 Å². The molecule has 0 amide bonds. The highest BCUT2D eigenvalue weighted by Gasteiger charge is 2.39. The second kappa shape index (κ2) is 6.00. The molecule has 110 valence electrons. The summed E-state index contributed by atoms with van der Waals surface area (Å²) in [7, 11) is 2.18. The standard InChI is InChI=1S/C19H23NO/c1-14-18(21)13-17(15-9-5-3-6-10-15)20(2)19(14)16-11-7-4-8-12-16/h3-12,14,17-19,21H,13H2,1-2H3/t14-,17+,18+,19-/m0/s1. The van der Waals surface area contributed by atoms with Crippen molar-refractivity contribution < 1.29 is 5.11 Å². The number of benzene rings is 2. The van der Waals surface area contributed by atoms with Gasteiger partial charge in [0.25, 0.3) is 0 Å². The van der Waals surface area contributed by atoms with Gasteiger partial charge in [0.15, 0.2) is 0 Å². The second-order valence-electron chi connectivity index (χ2n) is 6.11. The summed E-state index contributed by atoms with van der Waals surface area (Å²) in [6.07, 6.45) is 0.530. The topological polar surface area (TPSA) is 23.5 Å². The Hall–Kier alpha value is -1.64. The molecule has 1 N–H and O–H groups in total. The molecule has 1 heterocycles. The highest BCUT2D eigenvalue weighted by atomic mass is 16.3. The van der Waals surface area contributed by atoms with Gasteiger partial charge in [-0.15, -0.1) is 0 Å². The third kappa shape index (κ3) is 2.74. The van der Waals surface area contributed by atoms with Crippen LogP contribution in [0.4, 0.5) is 0 Å². The lowest BCUT2D eigenvalue weighted by Gasteiger charge is -2.46. The summed E-state index contributed by atoms with van der Waals surface area (Å²) < 4.78 is 0. The Bertz CT molecular complexity index is 569. The average Bonchev–Trinajstić information content (AvgIpc) is 2.53. The molecule has 2 heteroatoms. The molecule has 0 aliphatic carbocycles. The van der Waals surface area contributed by atoms with Gasteiger partial charge in [-0.2, -0.15) is 0 Å². The van der Waals surface area contributed by atoms with E-state index in [1.807, 2.05) is 12.1 Å². The molecule has 0 bridgehead atoms. The van der Waals surface area contributed by atoms with Crippen molar-refractivity contribution in [1.82, 2.24) is 4.90 Å². The van der Waals surface area contributed by atoms with Crippen LogP contribution in [0, 0.1) is 5.92 Å². The predicted octanol–water partition coefficient (Wildman–Crippen LogP) is 3.80. The summed E-state index contributed by atoms with van der Waals surface area (Å²) in [5, 5.41) is 10.5. The summed E-state index contributed by atoms with van der Waals surface area (Å²) in [5.74, 6) is 0.234. The molecule has 3 rings (SSSR count). The number of hydrogen-bond acceptors (Lipinski definition) is 2. The fourth-order valence-electron chi connectivity index (χ4n) is 3.62. The zero-order chi connectivity index (χ0) is 14.8. The van der Waals surface area contributed by atoms with Crippen LogP contribution in [-0.4, -0.2) is 23.2 Å². The molecule has 0 spiro atoms. The van der Waals surface area contributed by atoms with Crippen molar-refractivity contribution in [2.75, 3.05) is 7.05 Å². The van der Waals surface area contributed by atoms with E-state index in [1.165, 1.54) is 11.1 Å². The second-order valence-corrected chi connectivity index (χ2v) is 6.11. The highest BCUT2D eigenvalue weighted by molar-refractivity contribution is 5.25. The Morgan fingerprint density at radius 3 is 2.00 bits per heavy atom. The number of aliphatic hydroxyl groups is 1. The van der Waals surface area contributed by atoms with Crippen LogP contribution >= 0.6 is 0 Å². The van der Waals surface area contributed by atoms with Crippen LogP contribution in [-0.2, 0) is 0 Å². The van der Waals surface area contributed by atoms with Crippen LogP contribution in [0.1, 0.15) is 36.6 Å². The third-order valence-electron chi connectivity index (χ3n) is 4.83. The largest absolute Gasteiger partial charge is 0.393 e. The highest BCUT2D eigenvalue weighted by Crippen LogP contribution is 2.43. The van der Waals surface area contributed by atoms with Gasteiger partial charge in [-0.25, -0.2) is 0 Å². The van der Waals surface area contributed by atoms with E-state index in [4.69, 9.17) is 0 Å². The van der Waals surface area contributed by atoms with Crippen LogP contribution in [0.3, 0.4) is 0 Å². The summed E-state index contributed by atoms with van der Waals surface area (Å²) in [4.78, 5) is 2.42. The minimum absolute atomic E-state index is 0.234. The van der Waals surface area contributed by atoms with E-state index >= 15 is 0 Å². The lowest BCUT2D eigenvalue weighted by Crippen LogP contribution is -2.44. The Balaban J connectivity index is 1.96. The summed E-state index contributed by atoms with van der Waals surface area (Å²) in [6.45, 7) is 2.15. The van der Waals surface area contributed by atoms with Gasteiger partial charge in [0.2, 0.25) is 0 Å². The molecule has 4 atom stereocenters. The van der Waals surface area contributed by atoms with Crippen molar-refractivity contribution in [3.8, 4) is 0 Å². The molecule has 1 aliphatic rings. The third-order valence-corrected chi connectivity index (χ3v) is 4.83. The zero-order valence-corrected chi connectivity index (χ0v) is 12.7. The fourth-order valence-corrected chi connectivity index (χ4v) is 3.62. The van der Waals surface area contributed by atoms with Gasteiger partial charge in [0.1, 0.15) is 0 Å². The minimum Gasteiger partial charge on any atom is -0.393 e. The maximum atomic E-state index is 10.5. The number of rotatable bonds is 2. The first-order valence-corrected chi connectivity index (χ1v) is 7.68. The molecule has 2 aromatic rings. The van der Waals surface area contributed by atoms with Crippen LogP contribution in [0.25, 0.3) is 0 Å². The number of likely N-dealkylation sites (tertiary alicyclic amines) is 1. The van der Waals surface area contributed by atoms with Crippen LogP contribution < -0.4 is 0 Å². The molecule has 0 saturated carbocycles. The van der Waals surface area contributed by atoms with Gasteiger partial charge in [0.05, 0.1) is 6.10 Å². The van der Waals surface area contributed by atoms with Gasteiger partial charge >= 0.3 is 0 Å². The van der Waals surface area contributed by atoms with Crippen molar-refractivity contribution in [2.24, 2.45) is 5.92 Å². The van der Waals surface area contributed by atoms with E-state index < -0.39 is 0 Å². The van der Waals surface area contributed by atoms with Gasteiger partial charge < -0.3 is 5.11 Å². The summed E-state index contributed by atoms with van der Waals surface area (Å²) in [5.41, 5.74) is 2.57. The van der Waals surface area contributed by atoms with Crippen LogP contribution in [0.5, 0.6) is 0 Å².